The Kier molecular flexibility index (Phi) is 3.38. The van der Waals surface area contributed by atoms with Gasteiger partial charge < -0.3 is 4.74 Å². The molecule has 0 unspecified atom stereocenters. The Balaban J connectivity index is 2.08. The van der Waals surface area contributed by atoms with Gasteiger partial charge in [0.15, 0.2) is 0 Å². The molecular formula is C12H8F4N2O2. The first-order valence-corrected chi connectivity index (χ1v) is 5.58. The van der Waals surface area contributed by atoms with Crippen molar-refractivity contribution in [3.63, 3.8) is 0 Å². The number of rotatable bonds is 2. The summed E-state index contributed by atoms with van der Waals surface area (Å²) in [5.41, 5.74) is -1.48. The smallest absolute Gasteiger partial charge is 0.456 e. The third kappa shape index (κ3) is 2.43. The van der Waals surface area contributed by atoms with Crippen LogP contribution in [0.25, 0.3) is 0 Å². The molecule has 0 amide bonds. The summed E-state index contributed by atoms with van der Waals surface area (Å²) in [6, 6.07) is 4.28. The minimum atomic E-state index is -5.08. The number of ether oxygens (including phenoxy) is 1. The number of esters is 1. The fourth-order valence-electron chi connectivity index (χ4n) is 2.09. The molecule has 1 aromatic heterocycles. The summed E-state index contributed by atoms with van der Waals surface area (Å²) in [6.45, 7) is 0. The molecule has 2 rings (SSSR count). The summed E-state index contributed by atoms with van der Waals surface area (Å²) in [7, 11) is 0. The second-order valence-corrected chi connectivity index (χ2v) is 4.46. The van der Waals surface area contributed by atoms with Gasteiger partial charge in [-0.2, -0.15) is 18.4 Å². The van der Waals surface area contributed by atoms with Gasteiger partial charge in [0.25, 0.3) is 0 Å². The number of halogens is 4. The number of nitrogens with zero attached hydrogens (tertiary/aromatic N) is 2. The molecular weight excluding hydrogens is 280 g/mol. The lowest BCUT2D eigenvalue weighted by Crippen LogP contribution is -2.48. The van der Waals surface area contributed by atoms with E-state index in [1.54, 1.807) is 0 Å². The number of pyridine rings is 1. The topological polar surface area (TPSA) is 63.0 Å². The van der Waals surface area contributed by atoms with Crippen molar-refractivity contribution in [2.45, 2.75) is 30.5 Å². The van der Waals surface area contributed by atoms with E-state index in [-0.39, 0.29) is 18.5 Å². The standard InChI is InChI=1S/C12H8F4N2O2/c13-8-2-1-3-18-9(8)11(6-17)4-7(5-11)20-10(19)12(14,15)16/h1-3,7H,4-5H2/t7-,11+. The first-order chi connectivity index (χ1) is 9.28. The lowest BCUT2D eigenvalue weighted by atomic mass is 9.65. The van der Waals surface area contributed by atoms with Crippen LogP contribution in [0.3, 0.4) is 0 Å². The molecule has 0 radical (unpaired) electrons. The minimum absolute atomic E-state index is 0.137. The average Bonchev–Trinajstić information content (AvgIpc) is 2.33. The van der Waals surface area contributed by atoms with Crippen LogP contribution in [-0.4, -0.2) is 23.2 Å². The zero-order valence-corrected chi connectivity index (χ0v) is 9.95. The minimum Gasteiger partial charge on any atom is -0.456 e. The molecule has 1 aliphatic rings. The Morgan fingerprint density at radius 3 is 2.65 bits per heavy atom. The van der Waals surface area contributed by atoms with Crippen LogP contribution in [-0.2, 0) is 14.9 Å². The van der Waals surface area contributed by atoms with Crippen molar-refractivity contribution in [1.29, 1.82) is 5.26 Å². The second kappa shape index (κ2) is 4.74. The van der Waals surface area contributed by atoms with Crippen LogP contribution in [0.15, 0.2) is 18.3 Å². The van der Waals surface area contributed by atoms with Gasteiger partial charge in [-0.1, -0.05) is 0 Å². The molecule has 1 saturated carbocycles. The summed E-state index contributed by atoms with van der Waals surface area (Å²) in [5, 5.41) is 9.11. The van der Waals surface area contributed by atoms with Gasteiger partial charge in [0.1, 0.15) is 17.3 Å². The van der Waals surface area contributed by atoms with Crippen LogP contribution in [0.4, 0.5) is 17.6 Å². The molecule has 0 N–H and O–H groups in total. The average molecular weight is 288 g/mol. The highest BCUT2D eigenvalue weighted by molar-refractivity contribution is 5.75. The molecule has 0 spiro atoms. The highest BCUT2D eigenvalue weighted by Gasteiger charge is 2.53. The molecule has 20 heavy (non-hydrogen) atoms. The van der Waals surface area contributed by atoms with Gasteiger partial charge in [-0.3, -0.25) is 4.98 Å². The van der Waals surface area contributed by atoms with Crippen molar-refractivity contribution in [1.82, 2.24) is 4.98 Å². The van der Waals surface area contributed by atoms with E-state index in [1.807, 2.05) is 6.07 Å². The number of hydrogen-bond donors (Lipinski definition) is 0. The normalized spacial score (nSPS) is 25.4. The van der Waals surface area contributed by atoms with Gasteiger partial charge >= 0.3 is 12.1 Å². The van der Waals surface area contributed by atoms with E-state index in [9.17, 15) is 22.4 Å². The Morgan fingerprint density at radius 2 is 2.15 bits per heavy atom. The monoisotopic (exact) mass is 288 g/mol. The number of carbonyl (C=O) groups is 1. The molecule has 8 heteroatoms. The van der Waals surface area contributed by atoms with Crippen LogP contribution in [0.1, 0.15) is 18.5 Å². The van der Waals surface area contributed by atoms with Gasteiger partial charge in [0, 0.05) is 19.0 Å². The van der Waals surface area contributed by atoms with Gasteiger partial charge in [-0.25, -0.2) is 9.18 Å². The number of carbonyl (C=O) groups excluding carboxylic acids is 1. The number of hydrogen-bond acceptors (Lipinski definition) is 4. The third-order valence-electron chi connectivity index (χ3n) is 3.08. The van der Waals surface area contributed by atoms with Crippen LogP contribution < -0.4 is 0 Å². The van der Waals surface area contributed by atoms with Gasteiger partial charge in [-0.15, -0.1) is 0 Å². The highest BCUT2D eigenvalue weighted by atomic mass is 19.4. The molecule has 1 fully saturated rings. The van der Waals surface area contributed by atoms with Crippen molar-refractivity contribution in [2.75, 3.05) is 0 Å². The van der Waals surface area contributed by atoms with E-state index >= 15 is 0 Å². The summed E-state index contributed by atoms with van der Waals surface area (Å²) in [5.74, 6) is -3.02. The van der Waals surface area contributed by atoms with Crippen molar-refractivity contribution >= 4 is 5.97 Å². The molecule has 4 nitrogen and oxygen atoms in total. The molecule has 0 aromatic carbocycles. The van der Waals surface area contributed by atoms with Crippen LogP contribution >= 0.6 is 0 Å². The summed E-state index contributed by atoms with van der Waals surface area (Å²) in [4.78, 5) is 14.4. The van der Waals surface area contributed by atoms with Crippen LogP contribution in [0.5, 0.6) is 0 Å². The maximum absolute atomic E-state index is 13.6. The predicted octanol–water partition coefficient (Wildman–Crippen LogP) is 2.25. The second-order valence-electron chi connectivity index (χ2n) is 4.46. The van der Waals surface area contributed by atoms with Crippen molar-refractivity contribution in [2.24, 2.45) is 0 Å². The number of aromatic nitrogens is 1. The SMILES string of the molecule is N#C[C@]1(c2ncccc2F)C[C@@H](OC(=O)C(F)(F)F)C1. The fourth-order valence-corrected chi connectivity index (χ4v) is 2.09. The largest absolute Gasteiger partial charge is 0.490 e. The zero-order valence-electron chi connectivity index (χ0n) is 9.95. The molecule has 0 saturated heterocycles. The van der Waals surface area contributed by atoms with Gasteiger partial charge in [0.05, 0.1) is 11.8 Å². The quantitative estimate of drug-likeness (QED) is 0.618. The summed E-state index contributed by atoms with van der Waals surface area (Å²) in [6.07, 6.45) is -5.28. The fraction of sp³-hybridized carbons (Fsp3) is 0.417. The Hall–Kier alpha value is -2.17. The Labute approximate surface area is 111 Å². The van der Waals surface area contributed by atoms with Crippen molar-refractivity contribution in [3.8, 4) is 6.07 Å². The Morgan fingerprint density at radius 1 is 1.50 bits per heavy atom. The summed E-state index contributed by atoms with van der Waals surface area (Å²) < 4.78 is 53.8. The molecule has 0 aliphatic heterocycles. The molecule has 1 aromatic rings. The first kappa shape index (κ1) is 14.2. The highest BCUT2D eigenvalue weighted by Crippen LogP contribution is 2.45. The van der Waals surface area contributed by atoms with Crippen molar-refractivity contribution < 1.29 is 27.1 Å². The molecule has 0 bridgehead atoms. The van der Waals surface area contributed by atoms with E-state index in [0.717, 1.165) is 6.07 Å². The maximum atomic E-state index is 13.6. The van der Waals surface area contributed by atoms with Gasteiger partial charge in [0.2, 0.25) is 0 Å². The van der Waals surface area contributed by atoms with E-state index < -0.39 is 29.5 Å². The number of nitriles is 1. The zero-order chi connectivity index (χ0) is 15.0. The van der Waals surface area contributed by atoms with Crippen LogP contribution in [0.2, 0.25) is 0 Å². The van der Waals surface area contributed by atoms with Crippen molar-refractivity contribution in [3.05, 3.63) is 29.8 Å². The Bertz CT molecular complexity index is 574. The van der Waals surface area contributed by atoms with E-state index in [4.69, 9.17) is 5.26 Å². The maximum Gasteiger partial charge on any atom is 0.490 e. The summed E-state index contributed by atoms with van der Waals surface area (Å²) >= 11 is 0. The molecule has 0 atom stereocenters. The van der Waals surface area contributed by atoms with E-state index in [1.165, 1.54) is 12.3 Å². The van der Waals surface area contributed by atoms with E-state index in [0.29, 0.717) is 0 Å². The van der Waals surface area contributed by atoms with Crippen LogP contribution in [0, 0.1) is 17.1 Å². The molecule has 1 heterocycles. The number of alkyl halides is 3. The lowest BCUT2D eigenvalue weighted by molar-refractivity contribution is -0.210. The first-order valence-electron chi connectivity index (χ1n) is 5.58. The lowest BCUT2D eigenvalue weighted by Gasteiger charge is -2.41. The van der Waals surface area contributed by atoms with Gasteiger partial charge in [-0.05, 0) is 12.1 Å². The third-order valence-corrected chi connectivity index (χ3v) is 3.08. The van der Waals surface area contributed by atoms with E-state index in [2.05, 4.69) is 9.72 Å². The molecule has 106 valence electrons. The molecule has 1 aliphatic carbocycles. The predicted molar refractivity (Wildman–Crippen MR) is 56.7 cm³/mol.